The van der Waals surface area contributed by atoms with E-state index in [0.29, 0.717) is 10.7 Å². The van der Waals surface area contributed by atoms with Gasteiger partial charge >= 0.3 is 5.97 Å². The Kier molecular flexibility index (Phi) is 2.63. The van der Waals surface area contributed by atoms with Crippen molar-refractivity contribution < 1.29 is 9.90 Å². The number of tetrazole rings is 1. The van der Waals surface area contributed by atoms with Crippen LogP contribution in [0.15, 0.2) is 6.20 Å². The summed E-state index contributed by atoms with van der Waals surface area (Å²) in [6, 6.07) is 0. The lowest BCUT2D eigenvalue weighted by Crippen LogP contribution is -2.07. The average Bonchev–Trinajstić information content (AvgIpc) is 2.85. The summed E-state index contributed by atoms with van der Waals surface area (Å²) < 4.78 is 5.10. The Balaban J connectivity index is 2.19. The molecule has 2 heterocycles. The molecule has 0 spiro atoms. The SMILES string of the molecule is O=C(O)CCn1nnnc1-c1cnns1. The minimum absolute atomic E-state index is 0.0235. The summed E-state index contributed by atoms with van der Waals surface area (Å²) in [5.74, 6) is -0.398. The summed E-state index contributed by atoms with van der Waals surface area (Å²) in [5, 5.41) is 23.1. The molecule has 0 saturated heterocycles. The van der Waals surface area contributed by atoms with Gasteiger partial charge in [0.05, 0.1) is 19.2 Å². The molecule has 15 heavy (non-hydrogen) atoms. The Morgan fingerprint density at radius 2 is 2.47 bits per heavy atom. The summed E-state index contributed by atoms with van der Waals surface area (Å²) in [5.41, 5.74) is 0. The molecule has 0 radical (unpaired) electrons. The van der Waals surface area contributed by atoms with Crippen molar-refractivity contribution in [2.24, 2.45) is 0 Å². The number of hydrogen-bond acceptors (Lipinski definition) is 7. The molecule has 0 fully saturated rings. The number of carboxylic acids is 1. The maximum absolute atomic E-state index is 10.4. The van der Waals surface area contributed by atoms with Gasteiger partial charge in [-0.3, -0.25) is 4.79 Å². The number of aryl methyl sites for hydroxylation is 1. The number of rotatable bonds is 4. The van der Waals surface area contributed by atoms with Crippen LogP contribution in [0, 0.1) is 0 Å². The number of nitrogens with zero attached hydrogens (tertiary/aromatic N) is 6. The Morgan fingerprint density at radius 3 is 3.13 bits per heavy atom. The summed E-state index contributed by atoms with van der Waals surface area (Å²) in [6.45, 7) is 0.232. The molecule has 0 saturated carbocycles. The van der Waals surface area contributed by atoms with E-state index in [-0.39, 0.29) is 13.0 Å². The largest absolute Gasteiger partial charge is 0.481 e. The van der Waals surface area contributed by atoms with Crippen molar-refractivity contribution in [3.05, 3.63) is 6.20 Å². The molecule has 9 heteroatoms. The Morgan fingerprint density at radius 1 is 1.60 bits per heavy atom. The zero-order valence-electron chi connectivity index (χ0n) is 7.44. The fourth-order valence-corrected chi connectivity index (χ4v) is 1.50. The van der Waals surface area contributed by atoms with E-state index in [1.54, 1.807) is 0 Å². The molecule has 2 aromatic heterocycles. The van der Waals surface area contributed by atoms with Crippen LogP contribution in [0.3, 0.4) is 0 Å². The van der Waals surface area contributed by atoms with E-state index in [0.717, 1.165) is 11.5 Å². The monoisotopic (exact) mass is 226 g/mol. The first kappa shape index (κ1) is 9.65. The third-order valence-corrected chi connectivity index (χ3v) is 2.31. The van der Waals surface area contributed by atoms with E-state index in [1.165, 1.54) is 10.9 Å². The van der Waals surface area contributed by atoms with Crippen molar-refractivity contribution in [3.8, 4) is 10.7 Å². The summed E-state index contributed by atoms with van der Waals surface area (Å²) in [7, 11) is 0. The highest BCUT2D eigenvalue weighted by molar-refractivity contribution is 7.09. The summed E-state index contributed by atoms with van der Waals surface area (Å²) >= 11 is 1.16. The predicted octanol–water partition coefficient (Wildman–Crippen LogP) is -0.334. The van der Waals surface area contributed by atoms with Crippen LogP contribution < -0.4 is 0 Å². The highest BCUT2D eigenvalue weighted by Crippen LogP contribution is 2.17. The lowest BCUT2D eigenvalue weighted by molar-refractivity contribution is -0.137. The van der Waals surface area contributed by atoms with Crippen LogP contribution in [-0.4, -0.2) is 40.9 Å². The molecule has 0 atom stereocenters. The van der Waals surface area contributed by atoms with Gasteiger partial charge in [-0.25, -0.2) is 4.68 Å². The van der Waals surface area contributed by atoms with E-state index in [4.69, 9.17) is 5.11 Å². The van der Waals surface area contributed by atoms with Crippen LogP contribution in [0.1, 0.15) is 6.42 Å². The fourth-order valence-electron chi connectivity index (χ4n) is 0.999. The van der Waals surface area contributed by atoms with E-state index >= 15 is 0 Å². The number of aromatic nitrogens is 6. The maximum atomic E-state index is 10.4. The normalized spacial score (nSPS) is 10.4. The van der Waals surface area contributed by atoms with Crippen molar-refractivity contribution in [2.45, 2.75) is 13.0 Å². The number of carboxylic acid groups (broad SMARTS) is 1. The smallest absolute Gasteiger partial charge is 0.305 e. The topological polar surface area (TPSA) is 107 Å². The molecule has 0 unspecified atom stereocenters. The molecular weight excluding hydrogens is 220 g/mol. The van der Waals surface area contributed by atoms with Crippen LogP contribution in [0.25, 0.3) is 10.7 Å². The molecule has 8 nitrogen and oxygen atoms in total. The lowest BCUT2D eigenvalue weighted by Gasteiger charge is -1.98. The molecular formula is C6H6N6O2S. The second-order valence-corrected chi connectivity index (χ2v) is 3.44. The van der Waals surface area contributed by atoms with E-state index in [1.807, 2.05) is 0 Å². The molecule has 0 aromatic carbocycles. The standard InChI is InChI=1S/C6H6N6O2S/c13-5(14)1-2-12-6(8-9-10-12)4-3-7-11-15-4/h3H,1-2H2,(H,13,14). The number of aliphatic carboxylic acids is 1. The molecule has 0 aliphatic carbocycles. The quantitative estimate of drug-likeness (QED) is 0.760. The average molecular weight is 226 g/mol. The third kappa shape index (κ3) is 2.13. The zero-order valence-corrected chi connectivity index (χ0v) is 8.26. The summed E-state index contributed by atoms with van der Waals surface area (Å²) in [4.78, 5) is 11.1. The molecule has 0 bridgehead atoms. The van der Waals surface area contributed by atoms with Crippen molar-refractivity contribution in [1.29, 1.82) is 0 Å². The molecule has 1 N–H and O–H groups in total. The van der Waals surface area contributed by atoms with E-state index < -0.39 is 5.97 Å². The third-order valence-electron chi connectivity index (χ3n) is 1.65. The van der Waals surface area contributed by atoms with E-state index in [9.17, 15) is 4.79 Å². The van der Waals surface area contributed by atoms with Gasteiger partial charge in [0.15, 0.2) is 5.82 Å². The first-order chi connectivity index (χ1) is 7.27. The number of carbonyl (C=O) groups is 1. The second-order valence-electron chi connectivity index (χ2n) is 2.65. The fraction of sp³-hybridized carbons (Fsp3) is 0.333. The maximum Gasteiger partial charge on any atom is 0.305 e. The Hall–Kier alpha value is -1.90. The van der Waals surface area contributed by atoms with Gasteiger partial charge in [0, 0.05) is 0 Å². The Bertz CT molecular complexity index is 452. The van der Waals surface area contributed by atoms with Crippen LogP contribution in [0.5, 0.6) is 0 Å². The van der Waals surface area contributed by atoms with Crippen LogP contribution >= 0.6 is 11.5 Å². The van der Waals surface area contributed by atoms with Gasteiger partial charge in [-0.05, 0) is 22.0 Å². The molecule has 2 rings (SSSR count). The first-order valence-corrected chi connectivity index (χ1v) is 4.80. The van der Waals surface area contributed by atoms with Gasteiger partial charge in [-0.1, -0.05) is 4.49 Å². The molecule has 0 amide bonds. The molecule has 78 valence electrons. The molecule has 0 aliphatic heterocycles. The van der Waals surface area contributed by atoms with Crippen molar-refractivity contribution in [2.75, 3.05) is 0 Å². The van der Waals surface area contributed by atoms with Crippen molar-refractivity contribution in [3.63, 3.8) is 0 Å². The zero-order chi connectivity index (χ0) is 10.7. The van der Waals surface area contributed by atoms with Gasteiger partial charge < -0.3 is 5.11 Å². The molecule has 0 aliphatic rings. The first-order valence-electron chi connectivity index (χ1n) is 4.03. The van der Waals surface area contributed by atoms with Gasteiger partial charge in [0.1, 0.15) is 4.88 Å². The lowest BCUT2D eigenvalue weighted by atomic mass is 10.4. The van der Waals surface area contributed by atoms with Gasteiger partial charge in [0.25, 0.3) is 0 Å². The van der Waals surface area contributed by atoms with Crippen LogP contribution in [0.2, 0.25) is 0 Å². The molecule has 2 aromatic rings. The van der Waals surface area contributed by atoms with Crippen LogP contribution in [0.4, 0.5) is 0 Å². The van der Waals surface area contributed by atoms with Crippen molar-refractivity contribution in [1.82, 2.24) is 29.8 Å². The highest BCUT2D eigenvalue weighted by atomic mass is 32.1. The number of hydrogen-bond donors (Lipinski definition) is 1. The second kappa shape index (κ2) is 4.09. The Labute approximate surface area is 87.7 Å². The minimum Gasteiger partial charge on any atom is -0.481 e. The van der Waals surface area contributed by atoms with Crippen molar-refractivity contribution >= 4 is 17.5 Å². The van der Waals surface area contributed by atoms with Gasteiger partial charge in [-0.2, -0.15) is 0 Å². The van der Waals surface area contributed by atoms with Gasteiger partial charge in [0.2, 0.25) is 0 Å². The highest BCUT2D eigenvalue weighted by Gasteiger charge is 2.11. The van der Waals surface area contributed by atoms with Crippen LogP contribution in [-0.2, 0) is 11.3 Å². The summed E-state index contributed by atoms with van der Waals surface area (Å²) in [6.07, 6.45) is 1.51. The minimum atomic E-state index is -0.890. The van der Waals surface area contributed by atoms with Gasteiger partial charge in [-0.15, -0.1) is 10.2 Å². The van der Waals surface area contributed by atoms with E-state index in [2.05, 4.69) is 25.1 Å². The predicted molar refractivity (Wildman–Crippen MR) is 49.0 cm³/mol.